The highest BCUT2D eigenvalue weighted by atomic mass is 127. The summed E-state index contributed by atoms with van der Waals surface area (Å²) >= 11 is 0. The van der Waals surface area contributed by atoms with E-state index < -0.39 is 0 Å². The number of nitrogens with two attached hydrogens (primary N) is 1. The van der Waals surface area contributed by atoms with E-state index in [-0.39, 0.29) is 24.0 Å². The number of guanidine groups is 1. The molecule has 1 saturated heterocycles. The van der Waals surface area contributed by atoms with Gasteiger partial charge in [0.05, 0.1) is 19.8 Å². The summed E-state index contributed by atoms with van der Waals surface area (Å²) in [7, 11) is 0. The number of hydrogen-bond donors (Lipinski definition) is 2. The van der Waals surface area contributed by atoms with Crippen LogP contribution in [0.15, 0.2) is 41.5 Å². The van der Waals surface area contributed by atoms with Crippen molar-refractivity contribution in [3.8, 4) is 11.5 Å². The molecule has 150 valence electrons. The second-order valence-corrected chi connectivity index (χ2v) is 6.75. The summed E-state index contributed by atoms with van der Waals surface area (Å²) in [4.78, 5) is 11.2. The Bertz CT molecular complexity index is 824. The van der Waals surface area contributed by atoms with E-state index in [9.17, 15) is 0 Å². The van der Waals surface area contributed by atoms with Gasteiger partial charge in [-0.25, -0.2) is 9.98 Å². The number of hydrogen-bond acceptors (Lipinski definition) is 5. The number of anilines is 2. The highest BCUT2D eigenvalue weighted by Gasteiger charge is 2.14. The number of aromatic nitrogens is 1. The van der Waals surface area contributed by atoms with E-state index in [0.29, 0.717) is 25.7 Å². The molecular weight excluding hydrogens is 469 g/mol. The molecule has 4 rings (SSSR count). The Morgan fingerprint density at radius 3 is 2.68 bits per heavy atom. The van der Waals surface area contributed by atoms with Crippen LogP contribution in [0.1, 0.15) is 24.8 Å². The molecule has 0 saturated carbocycles. The monoisotopic (exact) mass is 495 g/mol. The number of nitrogens with zero attached hydrogens (tertiary/aromatic N) is 3. The van der Waals surface area contributed by atoms with E-state index in [2.05, 4.69) is 26.3 Å². The molecule has 0 bridgehead atoms. The molecule has 2 aromatic rings. The summed E-state index contributed by atoms with van der Waals surface area (Å²) in [6, 6.07) is 9.76. The molecule has 2 aliphatic heterocycles. The summed E-state index contributed by atoms with van der Waals surface area (Å²) in [6.45, 7) is 3.99. The fourth-order valence-corrected chi connectivity index (χ4v) is 3.28. The maximum absolute atomic E-state index is 6.06. The summed E-state index contributed by atoms with van der Waals surface area (Å²) < 4.78 is 11.3. The molecule has 1 aromatic carbocycles. The zero-order valence-corrected chi connectivity index (χ0v) is 18.1. The Labute approximate surface area is 182 Å². The van der Waals surface area contributed by atoms with E-state index in [0.717, 1.165) is 48.1 Å². The second-order valence-electron chi connectivity index (χ2n) is 6.75. The molecule has 0 aliphatic carbocycles. The number of aliphatic imine (C=N–C) groups is 1. The van der Waals surface area contributed by atoms with Gasteiger partial charge in [-0.15, -0.1) is 24.0 Å². The largest absolute Gasteiger partial charge is 0.490 e. The van der Waals surface area contributed by atoms with E-state index in [1.165, 1.54) is 12.8 Å². The van der Waals surface area contributed by atoms with Gasteiger partial charge in [0, 0.05) is 37.5 Å². The first-order valence-corrected chi connectivity index (χ1v) is 9.44. The van der Waals surface area contributed by atoms with Crippen molar-refractivity contribution in [2.75, 3.05) is 36.5 Å². The summed E-state index contributed by atoms with van der Waals surface area (Å²) in [5.74, 6) is 2.88. The van der Waals surface area contributed by atoms with Gasteiger partial charge in [0.1, 0.15) is 5.82 Å². The van der Waals surface area contributed by atoms with Gasteiger partial charge in [-0.2, -0.15) is 0 Å². The Morgan fingerprint density at radius 2 is 1.86 bits per heavy atom. The Morgan fingerprint density at radius 1 is 1.07 bits per heavy atom. The predicted molar refractivity (Wildman–Crippen MR) is 122 cm³/mol. The topological polar surface area (TPSA) is 85.0 Å². The highest BCUT2D eigenvalue weighted by Crippen LogP contribution is 2.32. The van der Waals surface area contributed by atoms with Gasteiger partial charge in [-0.05, 0) is 42.7 Å². The van der Waals surface area contributed by atoms with Crippen molar-refractivity contribution in [3.05, 3.63) is 42.1 Å². The van der Waals surface area contributed by atoms with Crippen LogP contribution in [0, 0.1) is 0 Å². The fourth-order valence-electron chi connectivity index (χ4n) is 3.28. The third-order valence-corrected chi connectivity index (χ3v) is 4.69. The SMILES string of the molecule is I.NC(=NCc1ccnc(N2CCCC2)c1)Nc1ccc2c(c1)OCCCO2. The Kier molecular flexibility index (Phi) is 7.18. The molecule has 0 radical (unpaired) electrons. The number of pyridine rings is 1. The molecule has 0 unspecified atom stereocenters. The van der Waals surface area contributed by atoms with Gasteiger partial charge in [-0.3, -0.25) is 0 Å². The molecule has 0 amide bonds. The molecule has 1 fully saturated rings. The molecular formula is C20H26IN5O2. The lowest BCUT2D eigenvalue weighted by atomic mass is 10.2. The molecule has 3 N–H and O–H groups in total. The lowest BCUT2D eigenvalue weighted by Gasteiger charge is -2.16. The van der Waals surface area contributed by atoms with E-state index in [1.54, 1.807) is 0 Å². The van der Waals surface area contributed by atoms with E-state index in [1.807, 2.05) is 30.5 Å². The lowest BCUT2D eigenvalue weighted by molar-refractivity contribution is 0.297. The number of ether oxygens (including phenoxy) is 2. The minimum atomic E-state index is 0. The van der Waals surface area contributed by atoms with Crippen LogP contribution in [0.2, 0.25) is 0 Å². The third kappa shape index (κ3) is 5.18. The molecule has 3 heterocycles. The second kappa shape index (κ2) is 9.81. The molecule has 2 aliphatic rings. The van der Waals surface area contributed by atoms with Crippen molar-refractivity contribution in [2.45, 2.75) is 25.8 Å². The van der Waals surface area contributed by atoms with Gasteiger partial charge in [0.15, 0.2) is 17.5 Å². The maximum Gasteiger partial charge on any atom is 0.193 e. The molecule has 0 spiro atoms. The van der Waals surface area contributed by atoms with Crippen LogP contribution in [0.5, 0.6) is 11.5 Å². The van der Waals surface area contributed by atoms with E-state index in [4.69, 9.17) is 15.2 Å². The number of nitrogens with one attached hydrogen (secondary N) is 1. The average molecular weight is 495 g/mol. The number of benzene rings is 1. The fraction of sp³-hybridized carbons (Fsp3) is 0.400. The average Bonchev–Trinajstić information content (AvgIpc) is 3.13. The first-order valence-electron chi connectivity index (χ1n) is 9.44. The van der Waals surface area contributed by atoms with Crippen LogP contribution < -0.4 is 25.4 Å². The molecule has 8 heteroatoms. The maximum atomic E-state index is 6.06. The van der Waals surface area contributed by atoms with Crippen molar-refractivity contribution in [1.82, 2.24) is 4.98 Å². The summed E-state index contributed by atoms with van der Waals surface area (Å²) in [6.07, 6.45) is 5.19. The van der Waals surface area contributed by atoms with Crippen molar-refractivity contribution >= 4 is 41.4 Å². The summed E-state index contributed by atoms with van der Waals surface area (Å²) in [5.41, 5.74) is 7.98. The summed E-state index contributed by atoms with van der Waals surface area (Å²) in [5, 5.41) is 3.12. The van der Waals surface area contributed by atoms with Gasteiger partial charge in [-0.1, -0.05) is 0 Å². The minimum Gasteiger partial charge on any atom is -0.490 e. The van der Waals surface area contributed by atoms with Crippen LogP contribution in [0.4, 0.5) is 11.5 Å². The Hall–Kier alpha value is -2.23. The third-order valence-electron chi connectivity index (χ3n) is 4.69. The molecule has 28 heavy (non-hydrogen) atoms. The van der Waals surface area contributed by atoms with Crippen LogP contribution in [-0.2, 0) is 6.54 Å². The number of halogens is 1. The lowest BCUT2D eigenvalue weighted by Crippen LogP contribution is -2.22. The van der Waals surface area contributed by atoms with Crippen molar-refractivity contribution in [3.63, 3.8) is 0 Å². The smallest absolute Gasteiger partial charge is 0.193 e. The van der Waals surface area contributed by atoms with Gasteiger partial charge in [0.2, 0.25) is 0 Å². The van der Waals surface area contributed by atoms with Gasteiger partial charge in [0.25, 0.3) is 0 Å². The van der Waals surface area contributed by atoms with E-state index >= 15 is 0 Å². The standard InChI is InChI=1S/C20H25N5O2.HI/c21-20(24-16-4-5-17-18(13-16)27-11-3-10-26-17)23-14-15-6-7-22-19(12-15)25-8-1-2-9-25;/h4-7,12-13H,1-3,8-11,14H2,(H3,21,23,24);1H. The predicted octanol–water partition coefficient (Wildman–Crippen LogP) is 3.39. The molecule has 0 atom stereocenters. The van der Waals surface area contributed by atoms with Gasteiger partial charge < -0.3 is 25.4 Å². The van der Waals surface area contributed by atoms with Gasteiger partial charge >= 0.3 is 0 Å². The highest BCUT2D eigenvalue weighted by molar-refractivity contribution is 14.0. The first-order chi connectivity index (χ1) is 13.3. The Balaban J connectivity index is 0.00000225. The zero-order valence-electron chi connectivity index (χ0n) is 15.8. The van der Waals surface area contributed by atoms with Crippen LogP contribution in [0.3, 0.4) is 0 Å². The number of fused-ring (bicyclic) bond motifs is 1. The van der Waals surface area contributed by atoms with Crippen molar-refractivity contribution in [2.24, 2.45) is 10.7 Å². The van der Waals surface area contributed by atoms with Crippen molar-refractivity contribution in [1.29, 1.82) is 0 Å². The first kappa shape index (κ1) is 20.5. The quantitative estimate of drug-likeness (QED) is 0.385. The van der Waals surface area contributed by atoms with Crippen LogP contribution >= 0.6 is 24.0 Å². The zero-order chi connectivity index (χ0) is 18.5. The van der Waals surface area contributed by atoms with Crippen LogP contribution in [0.25, 0.3) is 0 Å². The van der Waals surface area contributed by atoms with Crippen LogP contribution in [-0.4, -0.2) is 37.2 Å². The normalized spacial score (nSPS) is 16.3. The molecule has 7 nitrogen and oxygen atoms in total. The number of rotatable bonds is 4. The van der Waals surface area contributed by atoms with Crippen molar-refractivity contribution < 1.29 is 9.47 Å². The minimum absolute atomic E-state index is 0. The molecule has 1 aromatic heterocycles.